The average molecular weight is 346 g/mol. The highest BCUT2D eigenvalue weighted by Gasteiger charge is 2.77. The number of aryl methyl sites for hydroxylation is 1. The fourth-order valence-corrected chi connectivity index (χ4v) is 1.58. The second kappa shape index (κ2) is 6.50. The second-order valence-corrected chi connectivity index (χ2v) is 4.50. The maximum atomic E-state index is 13.2. The van der Waals surface area contributed by atoms with Crippen LogP contribution >= 0.6 is 0 Å². The van der Waals surface area contributed by atoms with Crippen LogP contribution in [0.2, 0.25) is 0 Å². The number of rotatable bonds is 4. The molecule has 0 unspecified atom stereocenters. The summed E-state index contributed by atoms with van der Waals surface area (Å²) in [6.45, 7) is 2.43. The van der Waals surface area contributed by atoms with Gasteiger partial charge in [-0.1, -0.05) is 0 Å². The van der Waals surface area contributed by atoms with Crippen molar-refractivity contribution in [3.8, 4) is 0 Å². The van der Waals surface area contributed by atoms with Crippen molar-refractivity contribution in [1.29, 1.82) is 0 Å². The molecule has 0 aromatic carbocycles. The first kappa shape index (κ1) is 18.8. The Labute approximate surface area is 127 Å². The molecule has 0 aliphatic carbocycles. The van der Waals surface area contributed by atoms with E-state index in [1.54, 1.807) is 6.92 Å². The molecule has 1 rings (SSSR count). The Morgan fingerprint density at radius 2 is 1.74 bits per heavy atom. The minimum atomic E-state index is -5.89. The molecule has 1 amide bonds. The first-order chi connectivity index (χ1) is 10.4. The molecule has 5 nitrogen and oxygen atoms in total. The fourth-order valence-electron chi connectivity index (χ4n) is 1.58. The van der Waals surface area contributed by atoms with Gasteiger partial charge in [-0.2, -0.15) is 26.3 Å². The van der Waals surface area contributed by atoms with Gasteiger partial charge >= 0.3 is 24.1 Å². The van der Waals surface area contributed by atoms with Crippen molar-refractivity contribution in [3.05, 3.63) is 23.9 Å². The third kappa shape index (κ3) is 4.17. The molecule has 1 aromatic rings. The van der Waals surface area contributed by atoms with Gasteiger partial charge in [0.2, 0.25) is 0 Å². The normalized spacial score (nSPS) is 12.7. The molecule has 0 aliphatic heterocycles. The third-order valence-corrected chi connectivity index (χ3v) is 2.71. The Bertz CT molecular complexity index is 527. The van der Waals surface area contributed by atoms with Crippen LogP contribution < -0.4 is 15.6 Å². The number of alkyl carbamates (subject to hydrolysis) is 1. The monoisotopic (exact) mass is 346 g/mol. The van der Waals surface area contributed by atoms with Gasteiger partial charge in [-0.15, -0.1) is 0 Å². The number of aromatic amines is 1. The van der Waals surface area contributed by atoms with Crippen LogP contribution in [-0.2, 0) is 4.74 Å². The lowest BCUT2D eigenvalue weighted by molar-refractivity contribution is -0.367. The number of pyridine rings is 1. The lowest BCUT2D eigenvalue weighted by atomic mass is 10.1. The van der Waals surface area contributed by atoms with Gasteiger partial charge in [0.15, 0.2) is 0 Å². The molecule has 0 fully saturated rings. The molecule has 0 saturated carbocycles. The zero-order valence-electron chi connectivity index (χ0n) is 12.0. The number of amides is 1. The highest BCUT2D eigenvalue weighted by atomic mass is 19.4. The van der Waals surface area contributed by atoms with Crippen LogP contribution in [0, 0.1) is 6.92 Å². The number of hydrogen-bond donors (Lipinski definition) is 2. The van der Waals surface area contributed by atoms with E-state index >= 15 is 0 Å². The van der Waals surface area contributed by atoms with E-state index < -0.39 is 36.5 Å². The largest absolute Gasteiger partial charge is 0.462 e. The average Bonchev–Trinajstić information content (AvgIpc) is 2.38. The van der Waals surface area contributed by atoms with Crippen molar-refractivity contribution < 1.29 is 40.9 Å². The molecule has 1 heterocycles. The van der Waals surface area contributed by atoms with Crippen molar-refractivity contribution in [1.82, 2.24) is 5.32 Å². The number of anilines is 1. The summed E-state index contributed by atoms with van der Waals surface area (Å²) in [5.41, 5.74) is -4.13. The van der Waals surface area contributed by atoms with E-state index in [1.165, 1.54) is 24.5 Å². The van der Waals surface area contributed by atoms with Crippen molar-refractivity contribution >= 4 is 11.9 Å². The van der Waals surface area contributed by atoms with Crippen LogP contribution in [-0.4, -0.2) is 30.7 Å². The molecule has 0 atom stereocenters. The summed E-state index contributed by atoms with van der Waals surface area (Å²) in [6.07, 6.45) is -12.4. The topological polar surface area (TPSA) is 64.5 Å². The van der Waals surface area contributed by atoms with Gasteiger partial charge in [-0.25, -0.2) is 15.1 Å². The van der Waals surface area contributed by atoms with Crippen molar-refractivity contribution in [2.75, 3.05) is 11.9 Å². The van der Waals surface area contributed by atoms with E-state index in [4.69, 9.17) is 0 Å². The molecule has 1 aromatic heterocycles. The van der Waals surface area contributed by atoms with Crippen LogP contribution in [0.5, 0.6) is 0 Å². The summed E-state index contributed by atoms with van der Waals surface area (Å²) < 4.78 is 83.2. The van der Waals surface area contributed by atoms with Crippen molar-refractivity contribution in [2.24, 2.45) is 0 Å². The molecular weight excluding hydrogens is 332 g/mol. The molecule has 0 radical (unpaired) electrons. The van der Waals surface area contributed by atoms with E-state index in [0.29, 0.717) is 5.56 Å². The lowest BCUT2D eigenvalue weighted by Gasteiger charge is -2.33. The molecular formula is C12H14F6N3O2+. The predicted octanol–water partition coefficient (Wildman–Crippen LogP) is 2.79. The number of H-pyrrole nitrogens is 1. The second-order valence-electron chi connectivity index (χ2n) is 4.50. The quantitative estimate of drug-likeness (QED) is 0.651. The smallest absolute Gasteiger partial charge is 0.450 e. The number of halogens is 6. The number of carbonyl (C=O) groups is 1. The van der Waals surface area contributed by atoms with E-state index in [9.17, 15) is 31.1 Å². The van der Waals surface area contributed by atoms with Gasteiger partial charge in [-0.05, 0) is 25.5 Å². The van der Waals surface area contributed by atoms with Gasteiger partial charge in [0.25, 0.3) is 5.82 Å². The lowest BCUT2D eigenvalue weighted by Crippen LogP contribution is -2.72. The number of aromatic nitrogens is 1. The van der Waals surface area contributed by atoms with Gasteiger partial charge < -0.3 is 4.74 Å². The van der Waals surface area contributed by atoms with E-state index in [-0.39, 0.29) is 0 Å². The van der Waals surface area contributed by atoms with Crippen LogP contribution in [0.3, 0.4) is 0 Å². The summed E-state index contributed by atoms with van der Waals surface area (Å²) >= 11 is 0. The molecule has 11 heteroatoms. The van der Waals surface area contributed by atoms with Gasteiger partial charge in [-0.3, -0.25) is 5.32 Å². The maximum absolute atomic E-state index is 13.2. The Hall–Kier alpha value is -2.20. The molecule has 0 saturated heterocycles. The maximum Gasteiger partial charge on any atom is 0.462 e. The van der Waals surface area contributed by atoms with Crippen molar-refractivity contribution in [2.45, 2.75) is 31.9 Å². The van der Waals surface area contributed by atoms with Gasteiger partial charge in [0, 0.05) is 6.07 Å². The van der Waals surface area contributed by atoms with E-state index in [2.05, 4.69) is 9.72 Å². The summed E-state index contributed by atoms with van der Waals surface area (Å²) in [6, 6.07) is 2.27. The first-order valence-electron chi connectivity index (χ1n) is 6.28. The Morgan fingerprint density at radius 3 is 2.13 bits per heavy atom. The number of carbonyl (C=O) groups excluding carboxylic acids is 1. The summed E-state index contributed by atoms with van der Waals surface area (Å²) in [5, 5.41) is 2.10. The minimum absolute atomic E-state index is 0.395. The standard InChI is InChI=1S/C12H13F6N3O2/c1-3-23-9(22)21-10(11(13,14)15,12(16,17)18)20-8-5-4-7(2)6-19-8/h4-6H,3H2,1-2H3,(H,19,20)(H,21,22)/p+1. The SMILES string of the molecule is CCOC(=O)NC(Nc1ccc(C)c[nH+]1)(C(F)(F)F)C(F)(F)F. The first-order valence-corrected chi connectivity index (χ1v) is 6.28. The number of alkyl halides is 6. The Morgan fingerprint density at radius 1 is 1.17 bits per heavy atom. The molecule has 23 heavy (non-hydrogen) atoms. The highest BCUT2D eigenvalue weighted by Crippen LogP contribution is 2.43. The molecule has 0 spiro atoms. The molecule has 130 valence electrons. The van der Waals surface area contributed by atoms with E-state index in [0.717, 1.165) is 11.4 Å². The minimum Gasteiger partial charge on any atom is -0.450 e. The van der Waals surface area contributed by atoms with Crippen LogP contribution in [0.1, 0.15) is 12.5 Å². The summed E-state index contributed by atoms with van der Waals surface area (Å²) in [7, 11) is 0. The Balaban J connectivity index is 3.32. The number of ether oxygens (including phenoxy) is 1. The van der Waals surface area contributed by atoms with Crippen LogP contribution in [0.15, 0.2) is 18.3 Å². The summed E-state index contributed by atoms with van der Waals surface area (Å²) in [4.78, 5) is 13.5. The van der Waals surface area contributed by atoms with Crippen LogP contribution in [0.4, 0.5) is 37.0 Å². The summed E-state index contributed by atoms with van der Waals surface area (Å²) in [5.74, 6) is -0.595. The zero-order chi connectivity index (χ0) is 17.9. The van der Waals surface area contributed by atoms with Gasteiger partial charge in [0.1, 0.15) is 0 Å². The Kier molecular flexibility index (Phi) is 5.33. The number of nitrogens with one attached hydrogen (secondary N) is 3. The third-order valence-electron chi connectivity index (χ3n) is 2.71. The predicted molar refractivity (Wildman–Crippen MR) is 66.4 cm³/mol. The van der Waals surface area contributed by atoms with Crippen molar-refractivity contribution in [3.63, 3.8) is 0 Å². The van der Waals surface area contributed by atoms with Gasteiger partial charge in [0.05, 0.1) is 12.8 Å². The van der Waals surface area contributed by atoms with Crippen LogP contribution in [0.25, 0.3) is 0 Å². The fraction of sp³-hybridized carbons (Fsp3) is 0.500. The highest BCUT2D eigenvalue weighted by molar-refractivity contribution is 5.69. The van der Waals surface area contributed by atoms with E-state index in [1.807, 2.05) is 0 Å². The molecule has 3 N–H and O–H groups in total. The molecule has 0 bridgehead atoms. The zero-order valence-corrected chi connectivity index (χ0v) is 12.0. The number of hydrogen-bond acceptors (Lipinski definition) is 3. The molecule has 0 aliphatic rings.